The molecular weight excluding hydrogens is 367 g/mol. The number of nitrogens with two attached hydrogens (primary N) is 1. The van der Waals surface area contributed by atoms with Gasteiger partial charge in [-0.2, -0.15) is 5.10 Å². The van der Waals surface area contributed by atoms with Gasteiger partial charge in [-0.3, -0.25) is 5.10 Å². The minimum absolute atomic E-state index is 0. The van der Waals surface area contributed by atoms with Crippen LogP contribution in [0.5, 0.6) is 0 Å². The lowest BCUT2D eigenvalue weighted by molar-refractivity contribution is 0.260. The second-order valence-corrected chi connectivity index (χ2v) is 9.25. The molecule has 0 aliphatic carbocycles. The average Bonchev–Trinajstić information content (AvgIpc) is 3.11. The van der Waals surface area contributed by atoms with Crippen LogP contribution in [0.15, 0.2) is 30.5 Å². The third-order valence-electron chi connectivity index (χ3n) is 5.63. The molecule has 7 heteroatoms. The third kappa shape index (κ3) is 4.24. The molecule has 0 amide bonds. The molecule has 3 aromatic heterocycles. The van der Waals surface area contributed by atoms with Crippen molar-refractivity contribution in [3.63, 3.8) is 0 Å². The second kappa shape index (κ2) is 7.71. The number of hydrogen-bond donors (Lipinski definition) is 2. The lowest BCUT2D eigenvalue weighted by Gasteiger charge is -2.38. The highest BCUT2D eigenvalue weighted by molar-refractivity contribution is 5.89. The smallest absolute Gasteiger partial charge is 0.181 e. The molecule has 1 aliphatic heterocycles. The molecule has 2 atom stereocenters. The van der Waals surface area contributed by atoms with E-state index in [-0.39, 0.29) is 27.2 Å². The molecule has 0 radical (unpaired) electrons. The van der Waals surface area contributed by atoms with Crippen LogP contribution in [-0.4, -0.2) is 39.3 Å². The third-order valence-corrected chi connectivity index (χ3v) is 5.63. The molecule has 0 aromatic carbocycles. The molecule has 1 aliphatic rings. The summed E-state index contributed by atoms with van der Waals surface area (Å²) < 4.78 is 14.6. The summed E-state index contributed by atoms with van der Waals surface area (Å²) in [5.41, 5.74) is 8.14. The van der Waals surface area contributed by atoms with Gasteiger partial charge in [0.15, 0.2) is 11.5 Å². The number of piperidine rings is 1. The number of fused-ring (bicyclic) bond motifs is 1. The highest BCUT2D eigenvalue weighted by atomic mass is 19.1. The van der Waals surface area contributed by atoms with Gasteiger partial charge in [-0.1, -0.05) is 20.8 Å². The lowest BCUT2D eigenvalue weighted by atomic mass is 9.80. The van der Waals surface area contributed by atoms with Crippen LogP contribution in [0.25, 0.3) is 22.4 Å². The summed E-state index contributed by atoms with van der Waals surface area (Å²) in [5, 5.41) is 7.84. The van der Waals surface area contributed by atoms with E-state index in [0.29, 0.717) is 17.3 Å². The highest BCUT2D eigenvalue weighted by Gasteiger charge is 2.29. The Hall–Kier alpha value is -2.54. The first-order valence-corrected chi connectivity index (χ1v) is 10.3. The number of pyridine rings is 2. The Kier molecular flexibility index (Phi) is 5.25. The minimum Gasteiger partial charge on any atom is -0.356 e. The van der Waals surface area contributed by atoms with Crippen molar-refractivity contribution < 1.29 is 8.67 Å². The van der Waals surface area contributed by atoms with Crippen molar-refractivity contribution >= 4 is 16.9 Å². The van der Waals surface area contributed by atoms with Gasteiger partial charge in [-0.15, -0.1) is 0 Å². The van der Waals surface area contributed by atoms with Crippen molar-refractivity contribution in [1.82, 2.24) is 20.2 Å². The molecule has 2 unspecified atom stereocenters. The topological polar surface area (TPSA) is 83.7 Å². The van der Waals surface area contributed by atoms with E-state index in [1.54, 1.807) is 12.3 Å². The number of rotatable bonds is 4. The fourth-order valence-electron chi connectivity index (χ4n) is 4.26. The maximum Gasteiger partial charge on any atom is 0.181 e. The monoisotopic (exact) mass is 402 g/mol. The molecule has 0 saturated carbocycles. The van der Waals surface area contributed by atoms with Crippen LogP contribution >= 0.6 is 0 Å². The van der Waals surface area contributed by atoms with Gasteiger partial charge in [-0.25, -0.2) is 14.4 Å². The molecule has 0 spiro atoms. The van der Waals surface area contributed by atoms with E-state index in [2.05, 4.69) is 45.8 Å². The maximum absolute atomic E-state index is 14.6. The van der Waals surface area contributed by atoms with Crippen LogP contribution in [-0.2, 0) is 0 Å². The first-order chi connectivity index (χ1) is 13.8. The van der Waals surface area contributed by atoms with Crippen LogP contribution in [0.4, 0.5) is 10.2 Å². The summed E-state index contributed by atoms with van der Waals surface area (Å²) in [6.07, 6.45) is 4.84. The molecule has 3 N–H and O–H groups in total. The molecule has 0 bridgehead atoms. The van der Waals surface area contributed by atoms with E-state index in [4.69, 9.17) is 5.73 Å². The Morgan fingerprint density at radius 2 is 2.17 bits per heavy atom. The van der Waals surface area contributed by atoms with Gasteiger partial charge in [0.05, 0.1) is 5.69 Å². The number of aromatic nitrogens is 4. The van der Waals surface area contributed by atoms with Gasteiger partial charge in [0.25, 0.3) is 0 Å². The van der Waals surface area contributed by atoms with Crippen LogP contribution in [0, 0.1) is 17.2 Å². The number of anilines is 1. The molecule has 4 heterocycles. The van der Waals surface area contributed by atoms with E-state index in [0.717, 1.165) is 43.6 Å². The Labute approximate surface area is 175 Å². The van der Waals surface area contributed by atoms with Crippen molar-refractivity contribution in [3.8, 4) is 11.4 Å². The summed E-state index contributed by atoms with van der Waals surface area (Å²) in [6.45, 7) is 8.43. The van der Waals surface area contributed by atoms with Crippen molar-refractivity contribution in [2.24, 2.45) is 17.1 Å². The SMILES string of the molecule is CC(C)(C)CC(N)C1CCCN(c2ccc(F)c(-c3[nH]nc4ncccc34)n2)C1.[HH].[HH].[HH]. The quantitative estimate of drug-likeness (QED) is 0.650. The minimum atomic E-state index is -0.374. The molecule has 4 rings (SSSR count). The molecule has 160 valence electrons. The number of hydrogen-bond acceptors (Lipinski definition) is 5. The number of halogens is 1. The molecular formula is C22H35FN6. The molecule has 6 nitrogen and oxygen atoms in total. The van der Waals surface area contributed by atoms with Gasteiger partial charge >= 0.3 is 0 Å². The van der Waals surface area contributed by atoms with E-state index < -0.39 is 0 Å². The van der Waals surface area contributed by atoms with Crippen molar-refractivity contribution in [2.45, 2.75) is 46.1 Å². The highest BCUT2D eigenvalue weighted by Crippen LogP contribution is 2.31. The number of aromatic amines is 1. The van der Waals surface area contributed by atoms with Crippen LogP contribution in [0.1, 0.15) is 44.3 Å². The maximum atomic E-state index is 14.6. The lowest BCUT2D eigenvalue weighted by Crippen LogP contribution is -2.45. The summed E-state index contributed by atoms with van der Waals surface area (Å²) in [4.78, 5) is 11.1. The van der Waals surface area contributed by atoms with E-state index in [9.17, 15) is 4.39 Å². The fraction of sp³-hybridized carbons (Fsp3) is 0.500. The molecule has 1 saturated heterocycles. The van der Waals surface area contributed by atoms with E-state index in [1.807, 2.05) is 12.1 Å². The first-order valence-electron chi connectivity index (χ1n) is 10.3. The molecule has 29 heavy (non-hydrogen) atoms. The van der Waals surface area contributed by atoms with Gasteiger partial charge in [0.2, 0.25) is 0 Å². The summed E-state index contributed by atoms with van der Waals surface area (Å²) in [5.74, 6) is 0.817. The summed E-state index contributed by atoms with van der Waals surface area (Å²) in [7, 11) is 0. The number of nitrogens with zero attached hydrogens (tertiary/aromatic N) is 4. The predicted molar refractivity (Wildman–Crippen MR) is 120 cm³/mol. The Balaban J connectivity index is 0.00000171. The largest absolute Gasteiger partial charge is 0.356 e. The van der Waals surface area contributed by atoms with Gasteiger partial charge < -0.3 is 10.6 Å². The standard InChI is InChI=1S/C22H29FN6.3H2/c1-22(2,3)12-17(24)14-6-5-11-29(13-14)18-9-8-16(23)20(26-18)19-15-7-4-10-25-21(15)28-27-19;;;/h4,7-10,14,17H,5-6,11-13,24H2,1-3H3,(H,25,27,28);3*1H. The second-order valence-electron chi connectivity index (χ2n) is 9.25. The van der Waals surface area contributed by atoms with Gasteiger partial charge in [0.1, 0.15) is 11.5 Å². The molecule has 3 aromatic rings. The fourth-order valence-corrected chi connectivity index (χ4v) is 4.26. The Bertz CT molecular complexity index is 1010. The van der Waals surface area contributed by atoms with Crippen molar-refractivity contribution in [2.75, 3.05) is 18.0 Å². The number of nitrogens with one attached hydrogen (secondary N) is 1. The van der Waals surface area contributed by atoms with Crippen LogP contribution in [0.2, 0.25) is 0 Å². The van der Waals surface area contributed by atoms with Crippen LogP contribution in [0.3, 0.4) is 0 Å². The predicted octanol–water partition coefficient (Wildman–Crippen LogP) is 4.88. The number of H-pyrrole nitrogens is 1. The van der Waals surface area contributed by atoms with Crippen LogP contribution < -0.4 is 10.6 Å². The zero-order valence-corrected chi connectivity index (χ0v) is 17.3. The van der Waals surface area contributed by atoms with E-state index >= 15 is 0 Å². The van der Waals surface area contributed by atoms with E-state index in [1.165, 1.54) is 6.07 Å². The Morgan fingerprint density at radius 3 is 2.97 bits per heavy atom. The summed E-state index contributed by atoms with van der Waals surface area (Å²) >= 11 is 0. The first kappa shape index (κ1) is 19.8. The van der Waals surface area contributed by atoms with Gasteiger partial charge in [-0.05, 0) is 54.9 Å². The zero-order chi connectivity index (χ0) is 20.6. The summed E-state index contributed by atoms with van der Waals surface area (Å²) in [6, 6.07) is 7.08. The zero-order valence-electron chi connectivity index (χ0n) is 17.3. The van der Waals surface area contributed by atoms with Gasteiger partial charge in [0, 0.05) is 35.0 Å². The average molecular weight is 403 g/mol. The van der Waals surface area contributed by atoms with Crippen molar-refractivity contribution in [3.05, 3.63) is 36.3 Å². The van der Waals surface area contributed by atoms with Crippen molar-refractivity contribution in [1.29, 1.82) is 0 Å². The normalized spacial score (nSPS) is 18.9. The molecule has 1 fully saturated rings. The Morgan fingerprint density at radius 1 is 1.34 bits per heavy atom.